The molecule has 1 aliphatic carbocycles. The Morgan fingerprint density at radius 3 is 2.94 bits per heavy atom. The van der Waals surface area contributed by atoms with Gasteiger partial charge >= 0.3 is 6.03 Å². The minimum atomic E-state index is -0.0254. The van der Waals surface area contributed by atoms with Gasteiger partial charge in [0.25, 0.3) is 0 Å². The molecule has 0 radical (unpaired) electrons. The van der Waals surface area contributed by atoms with E-state index in [4.69, 9.17) is 0 Å². The minimum Gasteiger partial charge on any atom is -0.338 e. The lowest BCUT2D eigenvalue weighted by Crippen LogP contribution is -2.41. The van der Waals surface area contributed by atoms with E-state index in [9.17, 15) is 4.79 Å². The molecular weight excluding hydrogens is 216 g/mol. The van der Waals surface area contributed by atoms with E-state index < -0.39 is 0 Å². The Labute approximate surface area is 102 Å². The van der Waals surface area contributed by atoms with Gasteiger partial charge in [-0.05, 0) is 19.3 Å². The van der Waals surface area contributed by atoms with Crippen LogP contribution in [-0.2, 0) is 6.54 Å². The Balaban J connectivity index is 1.53. The summed E-state index contributed by atoms with van der Waals surface area (Å²) in [7, 11) is 0. The molecule has 1 aromatic heterocycles. The first-order chi connectivity index (χ1) is 8.34. The van der Waals surface area contributed by atoms with Gasteiger partial charge < -0.3 is 15.2 Å². The molecule has 0 atom stereocenters. The van der Waals surface area contributed by atoms with Crippen LogP contribution in [-0.4, -0.2) is 28.2 Å². The molecule has 0 unspecified atom stereocenters. The summed E-state index contributed by atoms with van der Waals surface area (Å²) in [5.41, 5.74) is 0. The molecule has 1 heterocycles. The number of nitrogens with one attached hydrogen (secondary N) is 2. The number of aromatic nitrogens is 2. The van der Waals surface area contributed by atoms with Gasteiger partial charge in [-0.2, -0.15) is 0 Å². The molecule has 0 spiro atoms. The average molecular weight is 236 g/mol. The quantitative estimate of drug-likeness (QED) is 0.761. The first-order valence-electron chi connectivity index (χ1n) is 6.35. The summed E-state index contributed by atoms with van der Waals surface area (Å²) in [6.45, 7) is 1.60. The van der Waals surface area contributed by atoms with Crippen molar-refractivity contribution in [3.05, 3.63) is 18.7 Å². The number of amides is 2. The Kier molecular flexibility index (Phi) is 4.41. The van der Waals surface area contributed by atoms with E-state index in [1.54, 1.807) is 12.5 Å². The zero-order valence-electron chi connectivity index (χ0n) is 10.1. The lowest BCUT2D eigenvalue weighted by atomic mass is 10.2. The summed E-state index contributed by atoms with van der Waals surface area (Å²) >= 11 is 0. The zero-order chi connectivity index (χ0) is 11.9. The van der Waals surface area contributed by atoms with Crippen molar-refractivity contribution in [2.45, 2.75) is 44.7 Å². The van der Waals surface area contributed by atoms with Crippen molar-refractivity contribution < 1.29 is 4.79 Å². The van der Waals surface area contributed by atoms with Crippen LogP contribution in [0, 0.1) is 0 Å². The van der Waals surface area contributed by atoms with E-state index in [0.29, 0.717) is 12.6 Å². The van der Waals surface area contributed by atoms with Gasteiger partial charge in [-0.1, -0.05) is 12.8 Å². The first-order valence-corrected chi connectivity index (χ1v) is 6.35. The largest absolute Gasteiger partial charge is 0.338 e. The Morgan fingerprint density at radius 2 is 2.24 bits per heavy atom. The fraction of sp³-hybridized carbons (Fsp3) is 0.667. The molecule has 1 fully saturated rings. The van der Waals surface area contributed by atoms with Crippen LogP contribution in [0.3, 0.4) is 0 Å². The van der Waals surface area contributed by atoms with Crippen molar-refractivity contribution in [3.63, 3.8) is 0 Å². The van der Waals surface area contributed by atoms with Gasteiger partial charge in [0.2, 0.25) is 0 Å². The second kappa shape index (κ2) is 6.27. The van der Waals surface area contributed by atoms with E-state index in [0.717, 1.165) is 25.8 Å². The standard InChI is InChI=1S/C12H20N4O/c17-12(15-11-4-1-2-5-11)14-6-3-8-16-9-7-13-10-16/h7,9-11H,1-6,8H2,(H2,14,15,17). The maximum absolute atomic E-state index is 11.5. The normalized spacial score (nSPS) is 16.0. The number of urea groups is 1. The van der Waals surface area contributed by atoms with E-state index in [1.807, 2.05) is 10.8 Å². The van der Waals surface area contributed by atoms with Gasteiger partial charge in [0.15, 0.2) is 0 Å². The molecule has 0 aromatic carbocycles. The number of rotatable bonds is 5. The topological polar surface area (TPSA) is 59.0 Å². The van der Waals surface area contributed by atoms with Crippen LogP contribution < -0.4 is 10.6 Å². The van der Waals surface area contributed by atoms with Crippen LogP contribution in [0.5, 0.6) is 0 Å². The second-order valence-corrected chi connectivity index (χ2v) is 4.54. The third kappa shape index (κ3) is 4.09. The van der Waals surface area contributed by atoms with E-state index >= 15 is 0 Å². The summed E-state index contributed by atoms with van der Waals surface area (Å²) in [5, 5.41) is 5.89. The molecule has 0 saturated heterocycles. The Morgan fingerprint density at radius 1 is 1.41 bits per heavy atom. The minimum absolute atomic E-state index is 0.0254. The maximum atomic E-state index is 11.5. The third-order valence-electron chi connectivity index (χ3n) is 3.13. The smallest absolute Gasteiger partial charge is 0.315 e. The Hall–Kier alpha value is -1.52. The van der Waals surface area contributed by atoms with Gasteiger partial charge in [0.05, 0.1) is 6.33 Å². The van der Waals surface area contributed by atoms with Crippen molar-refractivity contribution in [1.29, 1.82) is 0 Å². The van der Waals surface area contributed by atoms with Crippen LogP contribution in [0.4, 0.5) is 4.79 Å². The van der Waals surface area contributed by atoms with Crippen molar-refractivity contribution in [2.24, 2.45) is 0 Å². The van der Waals surface area contributed by atoms with Gasteiger partial charge in [-0.25, -0.2) is 9.78 Å². The number of aryl methyl sites for hydroxylation is 1. The monoisotopic (exact) mass is 236 g/mol. The number of nitrogens with zero attached hydrogens (tertiary/aromatic N) is 2. The van der Waals surface area contributed by atoms with Crippen LogP contribution in [0.2, 0.25) is 0 Å². The number of imidazole rings is 1. The summed E-state index contributed by atoms with van der Waals surface area (Å²) in [6.07, 6.45) is 11.1. The molecule has 5 heteroatoms. The predicted octanol–water partition coefficient (Wildman–Crippen LogP) is 1.51. The second-order valence-electron chi connectivity index (χ2n) is 4.54. The SMILES string of the molecule is O=C(NCCCn1ccnc1)NC1CCCC1. The molecule has 17 heavy (non-hydrogen) atoms. The molecule has 2 rings (SSSR count). The molecule has 2 amide bonds. The summed E-state index contributed by atoms with van der Waals surface area (Å²) in [5.74, 6) is 0. The molecular formula is C12H20N4O. The first kappa shape index (κ1) is 12.0. The lowest BCUT2D eigenvalue weighted by Gasteiger charge is -2.12. The van der Waals surface area contributed by atoms with Gasteiger partial charge in [-0.15, -0.1) is 0 Å². The van der Waals surface area contributed by atoms with Crippen molar-refractivity contribution in [3.8, 4) is 0 Å². The van der Waals surface area contributed by atoms with Gasteiger partial charge in [-0.3, -0.25) is 0 Å². The Bertz CT molecular complexity index is 330. The fourth-order valence-corrected chi connectivity index (χ4v) is 2.19. The van der Waals surface area contributed by atoms with Crippen molar-refractivity contribution in [2.75, 3.05) is 6.54 Å². The van der Waals surface area contributed by atoms with E-state index in [2.05, 4.69) is 15.6 Å². The zero-order valence-corrected chi connectivity index (χ0v) is 10.1. The van der Waals surface area contributed by atoms with Crippen LogP contribution in [0.15, 0.2) is 18.7 Å². The highest BCUT2D eigenvalue weighted by Gasteiger charge is 2.16. The number of hydrogen-bond donors (Lipinski definition) is 2. The molecule has 0 bridgehead atoms. The maximum Gasteiger partial charge on any atom is 0.315 e. The molecule has 1 aromatic rings. The molecule has 94 valence electrons. The van der Waals surface area contributed by atoms with E-state index in [1.165, 1.54) is 12.8 Å². The molecule has 2 N–H and O–H groups in total. The predicted molar refractivity (Wildman–Crippen MR) is 65.6 cm³/mol. The fourth-order valence-electron chi connectivity index (χ4n) is 2.19. The summed E-state index contributed by atoms with van der Waals surface area (Å²) < 4.78 is 2.01. The van der Waals surface area contributed by atoms with E-state index in [-0.39, 0.29) is 6.03 Å². The summed E-state index contributed by atoms with van der Waals surface area (Å²) in [4.78, 5) is 15.5. The van der Waals surface area contributed by atoms with Crippen molar-refractivity contribution in [1.82, 2.24) is 20.2 Å². The third-order valence-corrected chi connectivity index (χ3v) is 3.13. The molecule has 0 aliphatic heterocycles. The van der Waals surface area contributed by atoms with Crippen LogP contribution >= 0.6 is 0 Å². The van der Waals surface area contributed by atoms with Crippen molar-refractivity contribution >= 4 is 6.03 Å². The molecule has 1 aliphatic rings. The lowest BCUT2D eigenvalue weighted by molar-refractivity contribution is 0.237. The highest BCUT2D eigenvalue weighted by Crippen LogP contribution is 2.17. The van der Waals surface area contributed by atoms with Gasteiger partial charge in [0, 0.05) is 31.5 Å². The number of carbonyl (C=O) groups is 1. The molecule has 1 saturated carbocycles. The van der Waals surface area contributed by atoms with Crippen LogP contribution in [0.1, 0.15) is 32.1 Å². The number of hydrogen-bond acceptors (Lipinski definition) is 2. The average Bonchev–Trinajstić information content (AvgIpc) is 2.96. The summed E-state index contributed by atoms with van der Waals surface area (Å²) in [6, 6.07) is 0.367. The van der Waals surface area contributed by atoms with Gasteiger partial charge in [0.1, 0.15) is 0 Å². The highest BCUT2D eigenvalue weighted by molar-refractivity contribution is 5.74. The molecule has 5 nitrogen and oxygen atoms in total. The van der Waals surface area contributed by atoms with Crippen LogP contribution in [0.25, 0.3) is 0 Å². The number of carbonyl (C=O) groups excluding carboxylic acids is 1. The highest BCUT2D eigenvalue weighted by atomic mass is 16.2.